The lowest BCUT2D eigenvalue weighted by Crippen LogP contribution is -2.04. The molecule has 0 bridgehead atoms. The van der Waals surface area contributed by atoms with Gasteiger partial charge in [0.1, 0.15) is 0 Å². The minimum absolute atomic E-state index is 0.425. The Bertz CT molecular complexity index is 1000. The lowest BCUT2D eigenvalue weighted by atomic mass is 10.3. The van der Waals surface area contributed by atoms with Crippen molar-refractivity contribution in [2.75, 3.05) is 10.6 Å². The van der Waals surface area contributed by atoms with Crippen molar-refractivity contribution in [3.05, 3.63) is 72.0 Å². The van der Waals surface area contributed by atoms with E-state index in [4.69, 9.17) is 11.6 Å². The van der Waals surface area contributed by atoms with Gasteiger partial charge >= 0.3 is 0 Å². The molecule has 0 atom stereocenters. The summed E-state index contributed by atoms with van der Waals surface area (Å²) in [4.78, 5) is 17.6. The summed E-state index contributed by atoms with van der Waals surface area (Å²) in [5, 5.41) is 7.10. The summed E-state index contributed by atoms with van der Waals surface area (Å²) in [5.74, 6) is 1.01. The van der Waals surface area contributed by atoms with Crippen LogP contribution in [0.5, 0.6) is 0 Å². The van der Waals surface area contributed by atoms with Crippen molar-refractivity contribution < 1.29 is 0 Å². The van der Waals surface area contributed by atoms with Crippen LogP contribution >= 0.6 is 11.6 Å². The molecule has 2 aromatic carbocycles. The lowest BCUT2D eigenvalue weighted by Gasteiger charge is -2.10. The minimum Gasteiger partial charge on any atom is -0.338 e. The van der Waals surface area contributed by atoms with E-state index in [0.717, 1.165) is 11.4 Å². The highest BCUT2D eigenvalue weighted by Gasteiger charge is 2.10. The molecule has 0 saturated carbocycles. The fourth-order valence-corrected chi connectivity index (χ4v) is 2.45. The van der Waals surface area contributed by atoms with Crippen LogP contribution < -0.4 is 10.6 Å². The van der Waals surface area contributed by atoms with Crippen LogP contribution in [0.2, 0.25) is 5.02 Å². The molecule has 0 amide bonds. The third kappa shape index (κ3) is 3.49. The highest BCUT2D eigenvalue weighted by Crippen LogP contribution is 2.24. The van der Waals surface area contributed by atoms with Crippen molar-refractivity contribution in [3.8, 4) is 0 Å². The maximum Gasteiger partial charge on any atom is 0.231 e. The molecule has 2 aromatic heterocycles. The molecule has 0 saturated heterocycles. The van der Waals surface area contributed by atoms with Crippen molar-refractivity contribution in [2.45, 2.75) is 0 Å². The predicted molar refractivity (Wildman–Crippen MR) is 99.6 cm³/mol. The third-order valence-corrected chi connectivity index (χ3v) is 3.72. The molecule has 0 spiro atoms. The first-order valence-electron chi connectivity index (χ1n) is 7.61. The van der Waals surface area contributed by atoms with E-state index in [-0.39, 0.29) is 0 Å². The maximum atomic E-state index is 5.92. The summed E-state index contributed by atoms with van der Waals surface area (Å²) >= 11 is 5.92. The van der Waals surface area contributed by atoms with Crippen LogP contribution in [-0.2, 0) is 0 Å². The van der Waals surface area contributed by atoms with Gasteiger partial charge in [-0.25, -0.2) is 9.97 Å². The molecule has 0 aliphatic carbocycles. The molecule has 0 aliphatic heterocycles. The number of fused-ring (bicyclic) bond motifs is 1. The van der Waals surface area contributed by atoms with Crippen molar-refractivity contribution in [1.82, 2.24) is 19.9 Å². The first kappa shape index (κ1) is 15.3. The van der Waals surface area contributed by atoms with E-state index in [9.17, 15) is 0 Å². The van der Waals surface area contributed by atoms with Gasteiger partial charge in [0, 0.05) is 28.8 Å². The fraction of sp³-hybridized carbons (Fsp3) is 0. The average Bonchev–Trinajstić information content (AvgIpc) is 2.65. The number of hydrogen-bond donors (Lipinski definition) is 2. The number of rotatable bonds is 4. The Labute approximate surface area is 149 Å². The van der Waals surface area contributed by atoms with Crippen LogP contribution in [0.25, 0.3) is 11.2 Å². The van der Waals surface area contributed by atoms with Crippen molar-refractivity contribution in [3.63, 3.8) is 0 Å². The van der Waals surface area contributed by atoms with Crippen LogP contribution in [0.4, 0.5) is 23.1 Å². The highest BCUT2D eigenvalue weighted by atomic mass is 35.5. The standard InChI is InChI=1S/C18H13ClN6/c19-12-6-8-14(9-7-12)23-18-24-16-15(20-10-11-21-16)17(25-18)22-13-4-2-1-3-5-13/h1-11H,(H2,21,22,23,24,25). The lowest BCUT2D eigenvalue weighted by molar-refractivity contribution is 1.15. The molecule has 0 unspecified atom stereocenters. The molecule has 0 fully saturated rings. The smallest absolute Gasteiger partial charge is 0.231 e. The van der Waals surface area contributed by atoms with E-state index in [2.05, 4.69) is 30.6 Å². The van der Waals surface area contributed by atoms with Gasteiger partial charge < -0.3 is 10.6 Å². The van der Waals surface area contributed by atoms with E-state index >= 15 is 0 Å². The first-order valence-corrected chi connectivity index (χ1v) is 7.99. The number of aromatic nitrogens is 4. The number of halogens is 1. The SMILES string of the molecule is Clc1ccc(Nc2nc(Nc3ccccc3)c3nccnc3n2)cc1. The minimum atomic E-state index is 0.425. The molecule has 0 radical (unpaired) electrons. The molecule has 0 aliphatic rings. The molecular weight excluding hydrogens is 336 g/mol. The Morgan fingerprint density at radius 3 is 2.24 bits per heavy atom. The Morgan fingerprint density at radius 1 is 0.720 bits per heavy atom. The monoisotopic (exact) mass is 348 g/mol. The normalized spacial score (nSPS) is 10.6. The largest absolute Gasteiger partial charge is 0.338 e. The summed E-state index contributed by atoms with van der Waals surface area (Å²) < 4.78 is 0. The molecule has 7 heteroatoms. The summed E-state index contributed by atoms with van der Waals surface area (Å²) in [5.41, 5.74) is 2.85. The molecule has 4 aromatic rings. The predicted octanol–water partition coefficient (Wildman–Crippen LogP) is 4.56. The van der Waals surface area contributed by atoms with Gasteiger partial charge in [-0.15, -0.1) is 0 Å². The Balaban J connectivity index is 1.74. The zero-order chi connectivity index (χ0) is 17.1. The Morgan fingerprint density at radius 2 is 1.44 bits per heavy atom. The van der Waals surface area contributed by atoms with E-state index < -0.39 is 0 Å². The molecule has 25 heavy (non-hydrogen) atoms. The molecule has 6 nitrogen and oxygen atoms in total. The second-order valence-corrected chi connectivity index (χ2v) is 5.68. The van der Waals surface area contributed by atoms with Crippen molar-refractivity contribution in [2.24, 2.45) is 0 Å². The van der Waals surface area contributed by atoms with E-state index in [1.54, 1.807) is 24.5 Å². The van der Waals surface area contributed by atoms with Crippen molar-refractivity contribution >= 4 is 45.9 Å². The number of nitrogens with zero attached hydrogens (tertiary/aromatic N) is 4. The molecule has 4 rings (SSSR count). The molecule has 2 heterocycles. The van der Waals surface area contributed by atoms with Crippen LogP contribution in [0.15, 0.2) is 67.0 Å². The molecular formula is C18H13ClN6. The maximum absolute atomic E-state index is 5.92. The van der Waals surface area contributed by atoms with Gasteiger partial charge in [0.25, 0.3) is 0 Å². The Hall–Kier alpha value is -3.25. The fourth-order valence-electron chi connectivity index (χ4n) is 2.33. The quantitative estimate of drug-likeness (QED) is 0.563. The number of anilines is 4. The second kappa shape index (κ2) is 6.70. The summed E-state index contributed by atoms with van der Waals surface area (Å²) in [7, 11) is 0. The molecule has 122 valence electrons. The number of hydrogen-bond acceptors (Lipinski definition) is 6. The van der Waals surface area contributed by atoms with Gasteiger partial charge in [-0.2, -0.15) is 9.97 Å². The van der Waals surface area contributed by atoms with Crippen LogP contribution in [-0.4, -0.2) is 19.9 Å². The van der Waals surface area contributed by atoms with Crippen molar-refractivity contribution in [1.29, 1.82) is 0 Å². The zero-order valence-electron chi connectivity index (χ0n) is 13.0. The summed E-state index contributed by atoms with van der Waals surface area (Å²) in [6.45, 7) is 0. The van der Waals surface area contributed by atoms with E-state index in [1.165, 1.54) is 0 Å². The van der Waals surface area contributed by atoms with Gasteiger partial charge in [-0.05, 0) is 36.4 Å². The van der Waals surface area contributed by atoms with Gasteiger partial charge in [0.2, 0.25) is 5.95 Å². The third-order valence-electron chi connectivity index (χ3n) is 3.47. The number of nitrogens with one attached hydrogen (secondary N) is 2. The topological polar surface area (TPSA) is 75.6 Å². The number of para-hydroxylation sites is 1. The highest BCUT2D eigenvalue weighted by molar-refractivity contribution is 6.30. The van der Waals surface area contributed by atoms with Crippen LogP contribution in [0.1, 0.15) is 0 Å². The van der Waals surface area contributed by atoms with E-state index in [1.807, 2.05) is 42.5 Å². The van der Waals surface area contributed by atoms with Crippen LogP contribution in [0, 0.1) is 0 Å². The second-order valence-electron chi connectivity index (χ2n) is 5.25. The average molecular weight is 349 g/mol. The van der Waals surface area contributed by atoms with Gasteiger partial charge in [0.15, 0.2) is 17.0 Å². The number of benzene rings is 2. The van der Waals surface area contributed by atoms with E-state index in [0.29, 0.717) is 28.0 Å². The first-order chi connectivity index (χ1) is 12.3. The van der Waals surface area contributed by atoms with Gasteiger partial charge in [0.05, 0.1) is 0 Å². The summed E-state index contributed by atoms with van der Waals surface area (Å²) in [6.07, 6.45) is 3.22. The van der Waals surface area contributed by atoms with Gasteiger partial charge in [-0.1, -0.05) is 29.8 Å². The van der Waals surface area contributed by atoms with Gasteiger partial charge in [-0.3, -0.25) is 0 Å². The zero-order valence-corrected chi connectivity index (χ0v) is 13.8. The van der Waals surface area contributed by atoms with Crippen LogP contribution in [0.3, 0.4) is 0 Å². The molecule has 2 N–H and O–H groups in total. The summed E-state index contributed by atoms with van der Waals surface area (Å²) in [6, 6.07) is 17.1. The Kier molecular flexibility index (Phi) is 4.10.